The number of hydrogen-bond donors (Lipinski definition) is 0. The fraction of sp³-hybridized carbons (Fsp3) is 0.100. The molecule has 0 amide bonds. The number of hydrogen-bond acceptors (Lipinski definition) is 0. The Labute approximate surface area is 241 Å². The van der Waals surface area contributed by atoms with E-state index in [2.05, 4.69) is 159 Å². The van der Waals surface area contributed by atoms with E-state index < -0.39 is 0 Å². The molecule has 1 aliphatic rings. The number of para-hydroxylation sites is 2. The van der Waals surface area contributed by atoms with Gasteiger partial charge in [-0.05, 0) is 75.7 Å². The molecule has 7 aromatic rings. The van der Waals surface area contributed by atoms with Crippen LogP contribution in [0.5, 0.6) is 0 Å². The second kappa shape index (κ2) is 8.81. The molecule has 0 atom stereocenters. The van der Waals surface area contributed by atoms with Gasteiger partial charge in [0.1, 0.15) is 0 Å². The van der Waals surface area contributed by atoms with E-state index in [9.17, 15) is 0 Å². The van der Waals surface area contributed by atoms with E-state index >= 15 is 0 Å². The van der Waals surface area contributed by atoms with E-state index in [1.807, 2.05) is 0 Å². The summed E-state index contributed by atoms with van der Waals surface area (Å²) < 4.78 is 2.45. The van der Waals surface area contributed by atoms with Gasteiger partial charge < -0.3 is 4.57 Å². The Morgan fingerprint density at radius 2 is 1.15 bits per heavy atom. The number of fused-ring (bicyclic) bond motifs is 6. The first-order valence-corrected chi connectivity index (χ1v) is 14.5. The highest BCUT2D eigenvalue weighted by molar-refractivity contribution is 6.14. The minimum Gasteiger partial charge on any atom is -0.309 e. The summed E-state index contributed by atoms with van der Waals surface area (Å²) in [5.74, 6) is 0. The molecular formula is C40H31N. The molecule has 41 heavy (non-hydrogen) atoms. The van der Waals surface area contributed by atoms with Crippen LogP contribution in [0, 0.1) is 6.92 Å². The first-order valence-electron chi connectivity index (χ1n) is 14.5. The van der Waals surface area contributed by atoms with E-state index in [-0.39, 0.29) is 5.41 Å². The molecule has 0 radical (unpaired) electrons. The van der Waals surface area contributed by atoms with Gasteiger partial charge >= 0.3 is 0 Å². The van der Waals surface area contributed by atoms with Crippen LogP contribution in [0.15, 0.2) is 133 Å². The molecular weight excluding hydrogens is 494 g/mol. The van der Waals surface area contributed by atoms with Gasteiger partial charge in [-0.25, -0.2) is 0 Å². The summed E-state index contributed by atoms with van der Waals surface area (Å²) in [6.45, 7) is 6.88. The first-order chi connectivity index (χ1) is 20.0. The Balaban J connectivity index is 1.40. The van der Waals surface area contributed by atoms with Crippen LogP contribution in [0.4, 0.5) is 0 Å². The molecule has 1 heterocycles. The Kier molecular flexibility index (Phi) is 5.15. The van der Waals surface area contributed by atoms with E-state index in [1.165, 1.54) is 77.6 Å². The summed E-state index contributed by atoms with van der Waals surface area (Å²) in [5, 5.41) is 2.56. The Bertz CT molecular complexity index is 2140. The Morgan fingerprint density at radius 3 is 2.00 bits per heavy atom. The SMILES string of the molecule is Cc1cccc(-n2c3ccccc3c3cccc(-c4ccccc4-c4ccc5c(c4)C(C)(C)c4ccccc4-5)c32)c1. The topological polar surface area (TPSA) is 4.93 Å². The van der Waals surface area contributed by atoms with E-state index in [1.54, 1.807) is 0 Å². The van der Waals surface area contributed by atoms with E-state index in [0.29, 0.717) is 0 Å². The summed E-state index contributed by atoms with van der Waals surface area (Å²) in [4.78, 5) is 0. The van der Waals surface area contributed by atoms with Gasteiger partial charge in [0.25, 0.3) is 0 Å². The van der Waals surface area contributed by atoms with E-state index in [4.69, 9.17) is 0 Å². The van der Waals surface area contributed by atoms with Crippen LogP contribution in [-0.2, 0) is 5.41 Å². The van der Waals surface area contributed by atoms with Crippen LogP contribution in [0.3, 0.4) is 0 Å². The second-order valence-electron chi connectivity index (χ2n) is 11.9. The standard InChI is InChI=1S/C40H31N/c1-26-12-10-13-28(24-26)41-38-21-9-7-17-33(38)35-19-11-18-34(39(35)41)30-15-5-4-14-29(30)27-22-23-32-31-16-6-8-20-36(31)40(2,3)37(32)25-27/h4-25H,1-3H3. The minimum absolute atomic E-state index is 0.0332. The van der Waals surface area contributed by atoms with Gasteiger partial charge in [0.05, 0.1) is 11.0 Å². The van der Waals surface area contributed by atoms with Crippen molar-refractivity contribution in [3.8, 4) is 39.1 Å². The summed E-state index contributed by atoms with van der Waals surface area (Å²) >= 11 is 0. The normalized spacial score (nSPS) is 13.4. The number of aromatic nitrogens is 1. The smallest absolute Gasteiger partial charge is 0.0619 e. The average molecular weight is 526 g/mol. The molecule has 0 spiro atoms. The third kappa shape index (κ3) is 3.49. The van der Waals surface area contributed by atoms with Gasteiger partial charge in [0, 0.05) is 27.4 Å². The van der Waals surface area contributed by atoms with Crippen molar-refractivity contribution in [1.29, 1.82) is 0 Å². The number of aryl methyl sites for hydroxylation is 1. The fourth-order valence-corrected chi connectivity index (χ4v) is 7.11. The molecule has 0 aliphatic heterocycles. The average Bonchev–Trinajstić information content (AvgIpc) is 3.46. The molecule has 196 valence electrons. The Morgan fingerprint density at radius 1 is 0.488 bits per heavy atom. The molecule has 8 rings (SSSR count). The number of rotatable bonds is 3. The number of benzene rings is 6. The molecule has 0 fully saturated rings. The maximum absolute atomic E-state index is 2.45. The largest absolute Gasteiger partial charge is 0.309 e. The molecule has 1 heteroatoms. The minimum atomic E-state index is -0.0332. The molecule has 1 aromatic heterocycles. The predicted molar refractivity (Wildman–Crippen MR) is 174 cm³/mol. The van der Waals surface area contributed by atoms with E-state index in [0.717, 1.165) is 0 Å². The van der Waals surface area contributed by atoms with Crippen molar-refractivity contribution in [3.63, 3.8) is 0 Å². The summed E-state index contributed by atoms with van der Waals surface area (Å²) in [6.07, 6.45) is 0. The molecule has 6 aromatic carbocycles. The Hall–Kier alpha value is -4.88. The van der Waals surface area contributed by atoms with Crippen molar-refractivity contribution < 1.29 is 0 Å². The summed E-state index contributed by atoms with van der Waals surface area (Å²) in [6, 6.07) is 49.3. The lowest BCUT2D eigenvalue weighted by Gasteiger charge is -2.22. The maximum Gasteiger partial charge on any atom is 0.0619 e. The fourth-order valence-electron chi connectivity index (χ4n) is 7.11. The lowest BCUT2D eigenvalue weighted by Crippen LogP contribution is -2.14. The highest BCUT2D eigenvalue weighted by Gasteiger charge is 2.35. The molecule has 0 saturated heterocycles. The van der Waals surface area contributed by atoms with Gasteiger partial charge in [0.2, 0.25) is 0 Å². The highest BCUT2D eigenvalue weighted by Crippen LogP contribution is 2.50. The zero-order valence-electron chi connectivity index (χ0n) is 23.6. The molecule has 0 saturated carbocycles. The van der Waals surface area contributed by atoms with Crippen molar-refractivity contribution in [3.05, 3.63) is 150 Å². The number of nitrogens with zero attached hydrogens (tertiary/aromatic N) is 1. The summed E-state index contributed by atoms with van der Waals surface area (Å²) in [5.41, 5.74) is 15.4. The van der Waals surface area contributed by atoms with Gasteiger partial charge in [-0.3, -0.25) is 0 Å². The molecule has 0 unspecified atom stereocenters. The van der Waals surface area contributed by atoms with Gasteiger partial charge in [-0.1, -0.05) is 123 Å². The van der Waals surface area contributed by atoms with Crippen molar-refractivity contribution in [2.45, 2.75) is 26.2 Å². The van der Waals surface area contributed by atoms with Crippen molar-refractivity contribution in [2.24, 2.45) is 0 Å². The zero-order valence-corrected chi connectivity index (χ0v) is 23.6. The first kappa shape index (κ1) is 24.0. The van der Waals surface area contributed by atoms with Crippen molar-refractivity contribution in [1.82, 2.24) is 4.57 Å². The van der Waals surface area contributed by atoms with Gasteiger partial charge in [-0.15, -0.1) is 0 Å². The van der Waals surface area contributed by atoms with Gasteiger partial charge in [0.15, 0.2) is 0 Å². The second-order valence-corrected chi connectivity index (χ2v) is 11.9. The molecule has 0 N–H and O–H groups in total. The maximum atomic E-state index is 2.45. The van der Waals surface area contributed by atoms with Crippen molar-refractivity contribution in [2.75, 3.05) is 0 Å². The summed E-state index contributed by atoms with van der Waals surface area (Å²) in [7, 11) is 0. The van der Waals surface area contributed by atoms with Crippen LogP contribution in [0.25, 0.3) is 60.9 Å². The molecule has 1 aliphatic carbocycles. The van der Waals surface area contributed by atoms with Crippen LogP contribution in [0.1, 0.15) is 30.5 Å². The van der Waals surface area contributed by atoms with Crippen molar-refractivity contribution >= 4 is 21.8 Å². The molecule has 0 bridgehead atoms. The quantitative estimate of drug-likeness (QED) is 0.216. The van der Waals surface area contributed by atoms with Crippen LogP contribution in [0.2, 0.25) is 0 Å². The molecule has 1 nitrogen and oxygen atoms in total. The van der Waals surface area contributed by atoms with Crippen LogP contribution < -0.4 is 0 Å². The third-order valence-corrected chi connectivity index (χ3v) is 9.07. The lowest BCUT2D eigenvalue weighted by molar-refractivity contribution is 0.660. The van der Waals surface area contributed by atoms with Crippen LogP contribution >= 0.6 is 0 Å². The predicted octanol–water partition coefficient (Wildman–Crippen LogP) is 10.7. The third-order valence-electron chi connectivity index (χ3n) is 9.07. The monoisotopic (exact) mass is 525 g/mol. The van der Waals surface area contributed by atoms with Gasteiger partial charge in [-0.2, -0.15) is 0 Å². The lowest BCUT2D eigenvalue weighted by atomic mass is 9.81. The highest BCUT2D eigenvalue weighted by atomic mass is 15.0. The zero-order chi connectivity index (χ0) is 27.7. The van der Waals surface area contributed by atoms with Crippen LogP contribution in [-0.4, -0.2) is 4.57 Å².